The summed E-state index contributed by atoms with van der Waals surface area (Å²) in [5, 5.41) is 12.3. The SMILES string of the molecule is CC[C@H]1O[C@]2(CC[C@@H]1C)C[C@@H]1C[C@@H](C/C=C(\C)[C@H](OCC(C)c3ccccc3)[C@@H](C)/C=C/C=C3\CO[C@@H]4C(=O)C(C)=C[C@@H](C(=O)O1)[C@]34O)O2. The standard InChI is InChI=1S/C41H54O8/c1-7-35-25(2)18-19-40(49-35)22-33-21-32(48-40)17-16-27(4)37(45-23-29(6)30-13-9-8-10-14-30)26(3)12-11-15-31-24-46-38-36(42)28(5)20-34(39(43)47-33)41(31,38)44/h8-16,20,25-26,29,32-35,37-38,44H,7,17-19,21-24H2,1-6H3/b12-11+,27-16+,31-15+/t25-,26-,29?,32+,33-,34-,35+,37+,38+,40+,41+/m0/s1. The molecule has 8 heteroatoms. The molecule has 4 heterocycles. The Kier molecular flexibility index (Phi) is 10.8. The fourth-order valence-corrected chi connectivity index (χ4v) is 8.42. The molecule has 2 bridgehead atoms. The Morgan fingerprint density at radius 3 is 2.61 bits per heavy atom. The Bertz CT molecular complexity index is 1490. The third-order valence-electron chi connectivity index (χ3n) is 11.4. The monoisotopic (exact) mass is 674 g/mol. The van der Waals surface area contributed by atoms with E-state index < -0.39 is 35.5 Å². The molecular formula is C41H54O8. The van der Waals surface area contributed by atoms with E-state index in [2.05, 4.69) is 65.0 Å². The van der Waals surface area contributed by atoms with Gasteiger partial charge in [-0.25, -0.2) is 0 Å². The average Bonchev–Trinajstić information content (AvgIpc) is 3.43. The molecule has 0 saturated carbocycles. The molecule has 1 N–H and O–H groups in total. The van der Waals surface area contributed by atoms with Crippen LogP contribution in [0, 0.1) is 17.8 Å². The van der Waals surface area contributed by atoms with Gasteiger partial charge in [0.05, 0.1) is 31.5 Å². The van der Waals surface area contributed by atoms with E-state index in [9.17, 15) is 14.7 Å². The number of rotatable bonds is 5. The molecule has 3 saturated heterocycles. The zero-order valence-electron chi connectivity index (χ0n) is 29.9. The summed E-state index contributed by atoms with van der Waals surface area (Å²) >= 11 is 0. The van der Waals surface area contributed by atoms with Crippen LogP contribution in [-0.2, 0) is 33.3 Å². The van der Waals surface area contributed by atoms with E-state index in [0.717, 1.165) is 18.4 Å². The van der Waals surface area contributed by atoms with Crippen LogP contribution < -0.4 is 0 Å². The maximum Gasteiger partial charge on any atom is 0.316 e. The first-order valence-corrected chi connectivity index (χ1v) is 18.3. The van der Waals surface area contributed by atoms with Crippen LogP contribution in [0.25, 0.3) is 0 Å². The molecule has 266 valence electrons. The lowest BCUT2D eigenvalue weighted by molar-refractivity contribution is -0.335. The van der Waals surface area contributed by atoms with Crippen LogP contribution in [0.15, 0.2) is 77.4 Å². The topological polar surface area (TPSA) is 101 Å². The van der Waals surface area contributed by atoms with Gasteiger partial charge in [-0.15, -0.1) is 0 Å². The number of benzene rings is 1. The predicted molar refractivity (Wildman–Crippen MR) is 187 cm³/mol. The van der Waals surface area contributed by atoms with E-state index in [4.69, 9.17) is 23.7 Å². The number of Topliss-reactive ketones (excluding diaryl/α,β-unsaturated/α-hetero) is 1. The molecule has 1 unspecified atom stereocenters. The number of esters is 1. The van der Waals surface area contributed by atoms with Crippen molar-refractivity contribution in [3.63, 3.8) is 0 Å². The smallest absolute Gasteiger partial charge is 0.316 e. The first kappa shape index (κ1) is 35.9. The molecule has 6 rings (SSSR count). The van der Waals surface area contributed by atoms with Crippen LogP contribution in [0.2, 0.25) is 0 Å². The molecule has 11 atom stereocenters. The summed E-state index contributed by atoms with van der Waals surface area (Å²) in [6, 6.07) is 10.4. The Morgan fingerprint density at radius 1 is 1.08 bits per heavy atom. The van der Waals surface area contributed by atoms with Gasteiger partial charge in [0.25, 0.3) is 0 Å². The summed E-state index contributed by atoms with van der Waals surface area (Å²) in [6.07, 6.45) is 11.5. The first-order chi connectivity index (χ1) is 23.4. The number of allylic oxidation sites excluding steroid dienone is 2. The number of ether oxygens (including phenoxy) is 5. The van der Waals surface area contributed by atoms with Gasteiger partial charge in [0.2, 0.25) is 0 Å². The summed E-state index contributed by atoms with van der Waals surface area (Å²) in [5.74, 6) is -2.23. The van der Waals surface area contributed by atoms with E-state index in [1.807, 2.05) is 18.2 Å². The van der Waals surface area contributed by atoms with E-state index in [1.165, 1.54) is 5.56 Å². The highest BCUT2D eigenvalue weighted by Gasteiger charge is 2.60. The number of hydrogen-bond acceptors (Lipinski definition) is 8. The second-order valence-corrected chi connectivity index (χ2v) is 15.1. The molecule has 0 radical (unpaired) electrons. The van der Waals surface area contributed by atoms with E-state index in [1.54, 1.807) is 19.1 Å². The molecule has 1 aromatic carbocycles. The van der Waals surface area contributed by atoms with Crippen molar-refractivity contribution in [2.75, 3.05) is 13.2 Å². The minimum absolute atomic E-state index is 0.0209. The summed E-state index contributed by atoms with van der Waals surface area (Å²) in [4.78, 5) is 27.3. The van der Waals surface area contributed by atoms with Gasteiger partial charge in [0.1, 0.15) is 17.6 Å². The summed E-state index contributed by atoms with van der Waals surface area (Å²) in [7, 11) is 0. The maximum atomic E-state index is 14.1. The number of fused-ring (bicyclic) bond motifs is 2. The molecule has 0 aromatic heterocycles. The van der Waals surface area contributed by atoms with Gasteiger partial charge in [-0.3, -0.25) is 9.59 Å². The van der Waals surface area contributed by atoms with E-state index >= 15 is 0 Å². The van der Waals surface area contributed by atoms with Crippen LogP contribution in [0.5, 0.6) is 0 Å². The minimum Gasteiger partial charge on any atom is -0.462 e. The Morgan fingerprint density at radius 2 is 1.86 bits per heavy atom. The maximum absolute atomic E-state index is 14.1. The highest BCUT2D eigenvalue weighted by Crippen LogP contribution is 2.46. The zero-order chi connectivity index (χ0) is 34.9. The van der Waals surface area contributed by atoms with Crippen LogP contribution in [0.4, 0.5) is 0 Å². The number of hydrogen-bond donors (Lipinski definition) is 1. The van der Waals surface area contributed by atoms with Crippen LogP contribution in [-0.4, -0.2) is 72.0 Å². The molecule has 3 fully saturated rings. The normalized spacial score (nSPS) is 41.8. The quantitative estimate of drug-likeness (QED) is 0.265. The summed E-state index contributed by atoms with van der Waals surface area (Å²) < 4.78 is 32.4. The van der Waals surface area contributed by atoms with Crippen LogP contribution >= 0.6 is 0 Å². The van der Waals surface area contributed by atoms with Crippen molar-refractivity contribution in [1.29, 1.82) is 0 Å². The molecule has 8 nitrogen and oxygen atoms in total. The molecule has 1 aliphatic carbocycles. The molecule has 1 spiro atoms. The molecular weight excluding hydrogens is 620 g/mol. The van der Waals surface area contributed by atoms with E-state index in [-0.39, 0.29) is 42.5 Å². The van der Waals surface area contributed by atoms with Gasteiger partial charge in [-0.2, -0.15) is 0 Å². The molecule has 4 aliphatic heterocycles. The van der Waals surface area contributed by atoms with Gasteiger partial charge < -0.3 is 28.8 Å². The average molecular weight is 675 g/mol. The van der Waals surface area contributed by atoms with Gasteiger partial charge >= 0.3 is 5.97 Å². The third kappa shape index (κ3) is 7.31. The second kappa shape index (κ2) is 14.8. The third-order valence-corrected chi connectivity index (χ3v) is 11.4. The minimum atomic E-state index is -1.85. The molecule has 49 heavy (non-hydrogen) atoms. The summed E-state index contributed by atoms with van der Waals surface area (Å²) in [5.41, 5.74) is 1.34. The number of carbonyl (C=O) groups excluding carboxylic acids is 2. The van der Waals surface area contributed by atoms with Gasteiger partial charge in [0, 0.05) is 31.1 Å². The van der Waals surface area contributed by atoms with Gasteiger partial charge in [-0.1, -0.05) is 88.4 Å². The van der Waals surface area contributed by atoms with Crippen molar-refractivity contribution in [2.24, 2.45) is 17.8 Å². The fraction of sp³-hybridized carbons (Fsp3) is 0.610. The highest BCUT2D eigenvalue weighted by molar-refractivity contribution is 6.03. The van der Waals surface area contributed by atoms with Crippen molar-refractivity contribution in [1.82, 2.24) is 0 Å². The molecule has 5 aliphatic rings. The van der Waals surface area contributed by atoms with Crippen LogP contribution in [0.1, 0.15) is 91.5 Å². The highest BCUT2D eigenvalue weighted by atomic mass is 16.7. The van der Waals surface area contributed by atoms with Gasteiger partial charge in [0.15, 0.2) is 17.7 Å². The number of aliphatic hydroxyl groups is 1. The van der Waals surface area contributed by atoms with Crippen molar-refractivity contribution < 1.29 is 38.4 Å². The lowest BCUT2D eigenvalue weighted by atomic mass is 9.71. The summed E-state index contributed by atoms with van der Waals surface area (Å²) in [6.45, 7) is 13.0. The van der Waals surface area contributed by atoms with Crippen molar-refractivity contribution in [3.8, 4) is 0 Å². The van der Waals surface area contributed by atoms with Crippen LogP contribution in [0.3, 0.4) is 0 Å². The fourth-order valence-electron chi connectivity index (χ4n) is 8.42. The van der Waals surface area contributed by atoms with Crippen molar-refractivity contribution in [3.05, 3.63) is 83.0 Å². The zero-order valence-corrected chi connectivity index (χ0v) is 29.9. The predicted octanol–water partition coefficient (Wildman–Crippen LogP) is 6.93. The van der Waals surface area contributed by atoms with Gasteiger partial charge in [-0.05, 0) is 61.3 Å². The molecule has 1 aromatic rings. The van der Waals surface area contributed by atoms with Crippen molar-refractivity contribution >= 4 is 11.8 Å². The largest absolute Gasteiger partial charge is 0.462 e. The first-order valence-electron chi connectivity index (χ1n) is 18.3. The Hall–Kier alpha value is -2.88. The molecule has 0 amide bonds. The second-order valence-electron chi connectivity index (χ2n) is 15.1. The lowest BCUT2D eigenvalue weighted by Gasteiger charge is -2.49. The number of carbonyl (C=O) groups is 2. The van der Waals surface area contributed by atoms with Crippen molar-refractivity contribution in [2.45, 2.75) is 128 Å². The van der Waals surface area contributed by atoms with E-state index in [0.29, 0.717) is 49.4 Å². The number of ketones is 1. The Balaban J connectivity index is 1.36. The Labute approximate surface area is 291 Å². The lowest BCUT2D eigenvalue weighted by Crippen LogP contribution is -2.57.